The Labute approximate surface area is 94.3 Å². The van der Waals surface area contributed by atoms with Crippen LogP contribution in [-0.4, -0.2) is 17.4 Å². The van der Waals surface area contributed by atoms with Gasteiger partial charge >= 0.3 is 0 Å². The van der Waals surface area contributed by atoms with Crippen molar-refractivity contribution in [1.29, 1.82) is 5.26 Å². The van der Waals surface area contributed by atoms with Gasteiger partial charge in [-0.25, -0.2) is 0 Å². The van der Waals surface area contributed by atoms with Crippen molar-refractivity contribution in [2.75, 3.05) is 6.54 Å². The maximum absolute atomic E-state index is 11.8. The molecule has 2 atom stereocenters. The molecule has 3 rings (SSSR count). The second-order valence-corrected chi connectivity index (χ2v) is 4.59. The maximum Gasteiger partial charge on any atom is 0.226 e. The van der Waals surface area contributed by atoms with Crippen LogP contribution < -0.4 is 0 Å². The summed E-state index contributed by atoms with van der Waals surface area (Å²) in [5.41, 5.74) is 1.63. The first-order valence-corrected chi connectivity index (χ1v) is 5.56. The van der Waals surface area contributed by atoms with Crippen molar-refractivity contribution in [1.82, 2.24) is 4.90 Å². The molecule has 16 heavy (non-hydrogen) atoms. The lowest BCUT2D eigenvalue weighted by atomic mass is 10.1. The van der Waals surface area contributed by atoms with E-state index in [1.807, 2.05) is 23.1 Å². The molecule has 0 bridgehead atoms. The summed E-state index contributed by atoms with van der Waals surface area (Å²) in [7, 11) is 0. The van der Waals surface area contributed by atoms with Crippen LogP contribution in [0, 0.1) is 23.2 Å². The predicted molar refractivity (Wildman–Crippen MR) is 58.2 cm³/mol. The maximum atomic E-state index is 11.8. The number of amides is 1. The predicted octanol–water partition coefficient (Wildman–Crippen LogP) is 1.54. The number of nitrogens with zero attached hydrogens (tertiary/aromatic N) is 2. The lowest BCUT2D eigenvalue weighted by molar-refractivity contribution is -0.130. The Bertz CT molecular complexity index is 489. The zero-order valence-corrected chi connectivity index (χ0v) is 8.89. The highest BCUT2D eigenvalue weighted by molar-refractivity contribution is 5.84. The average molecular weight is 212 g/mol. The second-order valence-electron chi connectivity index (χ2n) is 4.59. The normalized spacial score (nSPS) is 26.4. The third-order valence-electron chi connectivity index (χ3n) is 3.51. The highest BCUT2D eigenvalue weighted by atomic mass is 16.2. The van der Waals surface area contributed by atoms with Crippen molar-refractivity contribution in [3.63, 3.8) is 0 Å². The Kier molecular flexibility index (Phi) is 1.97. The molecule has 3 heteroatoms. The van der Waals surface area contributed by atoms with Gasteiger partial charge in [-0.15, -0.1) is 0 Å². The number of rotatable bonds is 2. The number of nitriles is 1. The van der Waals surface area contributed by atoms with Crippen LogP contribution in [0.15, 0.2) is 24.3 Å². The number of carbonyl (C=O) groups is 1. The van der Waals surface area contributed by atoms with E-state index in [2.05, 4.69) is 6.07 Å². The van der Waals surface area contributed by atoms with E-state index >= 15 is 0 Å². The molecule has 2 aliphatic rings. The molecule has 1 aliphatic carbocycles. The zero-order chi connectivity index (χ0) is 11.1. The van der Waals surface area contributed by atoms with Crippen LogP contribution in [0.25, 0.3) is 0 Å². The molecule has 1 saturated carbocycles. The van der Waals surface area contributed by atoms with E-state index in [0.29, 0.717) is 23.9 Å². The number of fused-ring (bicyclic) bond motifs is 1. The van der Waals surface area contributed by atoms with Crippen molar-refractivity contribution in [3.8, 4) is 6.07 Å². The smallest absolute Gasteiger partial charge is 0.226 e. The quantitative estimate of drug-likeness (QED) is 0.746. The number of carbonyl (C=O) groups excluding carboxylic acids is 1. The van der Waals surface area contributed by atoms with Gasteiger partial charge in [-0.1, -0.05) is 18.2 Å². The number of benzene rings is 1. The van der Waals surface area contributed by atoms with E-state index in [0.717, 1.165) is 18.5 Å². The summed E-state index contributed by atoms with van der Waals surface area (Å²) < 4.78 is 0. The molecule has 1 saturated heterocycles. The van der Waals surface area contributed by atoms with Gasteiger partial charge in [0.05, 0.1) is 11.6 Å². The van der Waals surface area contributed by atoms with Crippen molar-refractivity contribution in [2.24, 2.45) is 11.8 Å². The highest BCUT2D eigenvalue weighted by Gasteiger charge is 2.51. The summed E-state index contributed by atoms with van der Waals surface area (Å²) in [4.78, 5) is 13.7. The fourth-order valence-corrected chi connectivity index (χ4v) is 2.47. The molecule has 80 valence electrons. The van der Waals surface area contributed by atoms with Crippen molar-refractivity contribution >= 4 is 5.91 Å². The summed E-state index contributed by atoms with van der Waals surface area (Å²) in [6.45, 7) is 1.47. The Morgan fingerprint density at radius 1 is 1.44 bits per heavy atom. The summed E-state index contributed by atoms with van der Waals surface area (Å²) in [5, 5.41) is 8.97. The molecule has 1 amide bonds. The van der Waals surface area contributed by atoms with Crippen LogP contribution in [0.2, 0.25) is 0 Å². The highest BCUT2D eigenvalue weighted by Crippen LogP contribution is 2.46. The SMILES string of the molecule is N#Cc1ccccc1CN1CC2CC2C1=O. The Morgan fingerprint density at radius 2 is 2.25 bits per heavy atom. The van der Waals surface area contributed by atoms with E-state index in [9.17, 15) is 4.79 Å². The summed E-state index contributed by atoms with van der Waals surface area (Å²) in [6, 6.07) is 9.66. The average Bonchev–Trinajstić information content (AvgIpc) is 3.01. The molecule has 1 aliphatic heterocycles. The largest absolute Gasteiger partial charge is 0.338 e. The summed E-state index contributed by atoms with van der Waals surface area (Å²) >= 11 is 0. The first-order chi connectivity index (χ1) is 7.79. The molecule has 0 N–H and O–H groups in total. The molecule has 0 radical (unpaired) electrons. The second kappa shape index (κ2) is 3.34. The fraction of sp³-hybridized carbons (Fsp3) is 0.385. The van der Waals surface area contributed by atoms with Crippen LogP contribution in [0.4, 0.5) is 0 Å². The molecular formula is C13H12N2O. The van der Waals surface area contributed by atoms with Gasteiger partial charge in [0.1, 0.15) is 0 Å². The van der Waals surface area contributed by atoms with Gasteiger partial charge in [-0.2, -0.15) is 5.26 Å². The van der Waals surface area contributed by atoms with Crippen LogP contribution in [0.5, 0.6) is 0 Å². The van der Waals surface area contributed by atoms with Crippen molar-refractivity contribution < 1.29 is 4.79 Å². The van der Waals surface area contributed by atoms with E-state index in [-0.39, 0.29) is 5.91 Å². The molecule has 1 heterocycles. The van der Waals surface area contributed by atoms with E-state index in [1.165, 1.54) is 0 Å². The Balaban J connectivity index is 1.80. The van der Waals surface area contributed by atoms with Crippen molar-refractivity contribution in [2.45, 2.75) is 13.0 Å². The number of likely N-dealkylation sites (tertiary alicyclic amines) is 1. The van der Waals surface area contributed by atoms with Crippen LogP contribution in [0.3, 0.4) is 0 Å². The van der Waals surface area contributed by atoms with Gasteiger partial charge < -0.3 is 4.90 Å². The minimum atomic E-state index is 0.276. The monoisotopic (exact) mass is 212 g/mol. The van der Waals surface area contributed by atoms with E-state index in [1.54, 1.807) is 6.07 Å². The van der Waals surface area contributed by atoms with Crippen LogP contribution >= 0.6 is 0 Å². The van der Waals surface area contributed by atoms with Gasteiger partial charge in [0.25, 0.3) is 0 Å². The van der Waals surface area contributed by atoms with Gasteiger partial charge in [-0.05, 0) is 24.0 Å². The first kappa shape index (κ1) is 9.41. The first-order valence-electron chi connectivity index (χ1n) is 5.56. The Morgan fingerprint density at radius 3 is 2.94 bits per heavy atom. The lowest BCUT2D eigenvalue weighted by Crippen LogP contribution is -2.28. The number of piperidine rings is 1. The topological polar surface area (TPSA) is 44.1 Å². The van der Waals surface area contributed by atoms with Gasteiger partial charge in [0.2, 0.25) is 5.91 Å². The van der Waals surface area contributed by atoms with Crippen LogP contribution in [0.1, 0.15) is 17.5 Å². The molecule has 1 aromatic carbocycles. The molecule has 0 spiro atoms. The van der Waals surface area contributed by atoms with E-state index < -0.39 is 0 Å². The third-order valence-corrected chi connectivity index (χ3v) is 3.51. The standard InChI is InChI=1S/C13H12N2O/c14-6-9-3-1-2-4-10(9)7-15-8-11-5-12(11)13(15)16/h1-4,11-12H,5,7-8H2. The number of hydrogen-bond donors (Lipinski definition) is 0. The van der Waals surface area contributed by atoms with Crippen LogP contribution in [-0.2, 0) is 11.3 Å². The van der Waals surface area contributed by atoms with Gasteiger partial charge in [-0.3, -0.25) is 4.79 Å². The summed E-state index contributed by atoms with van der Waals surface area (Å²) in [6.07, 6.45) is 1.08. The van der Waals surface area contributed by atoms with E-state index in [4.69, 9.17) is 5.26 Å². The minimum Gasteiger partial charge on any atom is -0.338 e. The van der Waals surface area contributed by atoms with Crippen molar-refractivity contribution in [3.05, 3.63) is 35.4 Å². The molecule has 0 aromatic heterocycles. The molecule has 2 fully saturated rings. The van der Waals surface area contributed by atoms with Gasteiger partial charge in [0.15, 0.2) is 0 Å². The molecule has 1 aromatic rings. The summed E-state index contributed by atoms with van der Waals surface area (Å²) in [5.74, 6) is 1.17. The minimum absolute atomic E-state index is 0.276. The number of hydrogen-bond acceptors (Lipinski definition) is 2. The Hall–Kier alpha value is -1.82. The fourth-order valence-electron chi connectivity index (χ4n) is 2.47. The lowest BCUT2D eigenvalue weighted by Gasteiger charge is -2.18. The molecule has 3 nitrogen and oxygen atoms in total. The third kappa shape index (κ3) is 1.38. The molecular weight excluding hydrogens is 200 g/mol. The van der Waals surface area contributed by atoms with Gasteiger partial charge in [0, 0.05) is 19.0 Å². The zero-order valence-electron chi connectivity index (χ0n) is 8.89. The molecule has 2 unspecified atom stereocenters.